The van der Waals surface area contributed by atoms with E-state index in [1.165, 1.54) is 75.3 Å². The molecule has 0 heterocycles. The molecular weight excluding hydrogens is 252 g/mol. The highest BCUT2D eigenvalue weighted by molar-refractivity contribution is 5.26. The second-order valence-electron chi connectivity index (χ2n) is 6.62. The molecule has 0 radical (unpaired) electrons. The number of aryl methyl sites for hydroxylation is 1. The third-order valence-corrected chi connectivity index (χ3v) is 4.98. The van der Waals surface area contributed by atoms with Gasteiger partial charge in [0.1, 0.15) is 0 Å². The van der Waals surface area contributed by atoms with Gasteiger partial charge in [0.15, 0.2) is 0 Å². The van der Waals surface area contributed by atoms with Crippen LogP contribution in [0.2, 0.25) is 0 Å². The molecule has 1 aromatic rings. The third kappa shape index (κ3) is 5.24. The lowest BCUT2D eigenvalue weighted by Gasteiger charge is -2.26. The van der Waals surface area contributed by atoms with Gasteiger partial charge in [0, 0.05) is 5.92 Å². The molecule has 0 atom stereocenters. The minimum Gasteiger partial charge on any atom is -0.120 e. The molecule has 1 fully saturated rings. The average molecular weight is 282 g/mol. The van der Waals surface area contributed by atoms with Crippen LogP contribution in [0.4, 0.5) is 0 Å². The second-order valence-corrected chi connectivity index (χ2v) is 6.62. The van der Waals surface area contributed by atoms with E-state index in [9.17, 15) is 0 Å². The van der Waals surface area contributed by atoms with Crippen molar-refractivity contribution in [1.29, 1.82) is 0 Å². The molecular formula is C21H30. The Hall–Kier alpha value is -1.22. The first-order valence-electron chi connectivity index (χ1n) is 8.88. The van der Waals surface area contributed by atoms with Crippen molar-refractivity contribution in [1.82, 2.24) is 0 Å². The van der Waals surface area contributed by atoms with Crippen molar-refractivity contribution in [3.8, 4) is 12.3 Å². The Bertz CT molecular complexity index is 426. The molecule has 21 heavy (non-hydrogen) atoms. The summed E-state index contributed by atoms with van der Waals surface area (Å²) in [4.78, 5) is 0. The number of benzene rings is 1. The van der Waals surface area contributed by atoms with Gasteiger partial charge in [-0.2, -0.15) is 0 Å². The molecule has 0 saturated heterocycles. The summed E-state index contributed by atoms with van der Waals surface area (Å²) in [6.07, 6.45) is 18.6. The molecule has 0 nitrogen and oxygen atoms in total. The maximum atomic E-state index is 5.53. The summed E-state index contributed by atoms with van der Waals surface area (Å²) in [5.41, 5.74) is 3.03. The minimum atomic E-state index is 0.531. The zero-order valence-electron chi connectivity index (χ0n) is 13.6. The van der Waals surface area contributed by atoms with E-state index in [0.717, 1.165) is 5.92 Å². The first-order chi connectivity index (χ1) is 10.3. The molecule has 114 valence electrons. The van der Waals surface area contributed by atoms with Gasteiger partial charge in [-0.3, -0.25) is 0 Å². The fraction of sp³-hybridized carbons (Fsp3) is 0.619. The van der Waals surface area contributed by atoms with Gasteiger partial charge >= 0.3 is 0 Å². The van der Waals surface area contributed by atoms with E-state index in [1.54, 1.807) is 0 Å². The molecule has 0 unspecified atom stereocenters. The van der Waals surface area contributed by atoms with Crippen molar-refractivity contribution < 1.29 is 0 Å². The quantitative estimate of drug-likeness (QED) is 0.418. The molecule has 0 heteroatoms. The largest absolute Gasteiger partial charge is 0.120 e. The van der Waals surface area contributed by atoms with Gasteiger partial charge in [-0.05, 0) is 55.6 Å². The molecule has 0 amide bonds. The molecule has 1 aromatic carbocycles. The summed E-state index contributed by atoms with van der Waals surface area (Å²) in [6, 6.07) is 9.43. The molecule has 1 aliphatic rings. The summed E-state index contributed by atoms with van der Waals surface area (Å²) in [6.45, 7) is 2.27. The number of unbranched alkanes of at least 4 members (excludes halogenated alkanes) is 4. The highest BCUT2D eigenvalue weighted by Gasteiger charge is 2.20. The van der Waals surface area contributed by atoms with Gasteiger partial charge < -0.3 is 0 Å². The maximum absolute atomic E-state index is 5.53. The molecule has 1 saturated carbocycles. The molecule has 0 spiro atoms. The Labute approximate surface area is 131 Å². The molecule has 0 aromatic heterocycles. The summed E-state index contributed by atoms with van der Waals surface area (Å²) in [5, 5.41) is 0. The van der Waals surface area contributed by atoms with Crippen molar-refractivity contribution in [3.63, 3.8) is 0 Å². The van der Waals surface area contributed by atoms with E-state index in [0.29, 0.717) is 5.92 Å². The van der Waals surface area contributed by atoms with Crippen molar-refractivity contribution in [2.24, 2.45) is 5.92 Å². The third-order valence-electron chi connectivity index (χ3n) is 4.98. The Kier molecular flexibility index (Phi) is 6.87. The van der Waals surface area contributed by atoms with Crippen LogP contribution in [0, 0.1) is 18.3 Å². The van der Waals surface area contributed by atoms with Crippen molar-refractivity contribution in [2.75, 3.05) is 0 Å². The topological polar surface area (TPSA) is 0 Å². The van der Waals surface area contributed by atoms with Crippen LogP contribution in [0.15, 0.2) is 24.3 Å². The molecule has 1 aliphatic carbocycles. The fourth-order valence-corrected chi connectivity index (χ4v) is 3.48. The van der Waals surface area contributed by atoms with Crippen LogP contribution in [0.1, 0.15) is 81.8 Å². The van der Waals surface area contributed by atoms with E-state index in [4.69, 9.17) is 6.42 Å². The summed E-state index contributed by atoms with van der Waals surface area (Å²) in [5.74, 6) is 4.20. The van der Waals surface area contributed by atoms with Crippen LogP contribution in [0.25, 0.3) is 0 Å². The zero-order chi connectivity index (χ0) is 14.9. The summed E-state index contributed by atoms with van der Waals surface area (Å²) >= 11 is 0. The standard InChI is InChI=1S/C21H30/c1-3-5-6-7-8-9-19-12-16-21(17-13-19)20-14-10-18(4-2)11-15-20/h2,12-13,16-18,20H,3,5-11,14-15H2,1H3. The highest BCUT2D eigenvalue weighted by atomic mass is 14.2. The van der Waals surface area contributed by atoms with Gasteiger partial charge in [-0.15, -0.1) is 12.3 Å². The van der Waals surface area contributed by atoms with Crippen LogP contribution in [0.3, 0.4) is 0 Å². The normalized spacial score (nSPS) is 21.9. The van der Waals surface area contributed by atoms with Crippen molar-refractivity contribution in [3.05, 3.63) is 35.4 Å². The second kappa shape index (κ2) is 8.93. The van der Waals surface area contributed by atoms with Gasteiger partial charge in [0.2, 0.25) is 0 Å². The van der Waals surface area contributed by atoms with Crippen molar-refractivity contribution in [2.45, 2.75) is 77.0 Å². The summed E-state index contributed by atoms with van der Waals surface area (Å²) < 4.78 is 0. The number of rotatable bonds is 7. The Balaban J connectivity index is 1.76. The molecule has 0 aliphatic heterocycles. The molecule has 0 bridgehead atoms. The average Bonchev–Trinajstić information content (AvgIpc) is 2.55. The van der Waals surface area contributed by atoms with Crippen LogP contribution in [0.5, 0.6) is 0 Å². The lowest BCUT2D eigenvalue weighted by molar-refractivity contribution is 0.385. The predicted molar refractivity (Wildman–Crippen MR) is 92.4 cm³/mol. The van der Waals surface area contributed by atoms with E-state index < -0.39 is 0 Å². The Morgan fingerprint density at radius 3 is 2.24 bits per heavy atom. The number of terminal acetylenes is 1. The van der Waals surface area contributed by atoms with Crippen LogP contribution < -0.4 is 0 Å². The van der Waals surface area contributed by atoms with Crippen LogP contribution >= 0.6 is 0 Å². The lowest BCUT2D eigenvalue weighted by Crippen LogP contribution is -2.11. The number of hydrogen-bond donors (Lipinski definition) is 0. The van der Waals surface area contributed by atoms with Crippen LogP contribution in [-0.4, -0.2) is 0 Å². The van der Waals surface area contributed by atoms with Crippen LogP contribution in [-0.2, 0) is 6.42 Å². The smallest absolute Gasteiger partial charge is 0.0200 e. The highest BCUT2D eigenvalue weighted by Crippen LogP contribution is 2.35. The van der Waals surface area contributed by atoms with E-state index in [2.05, 4.69) is 37.1 Å². The minimum absolute atomic E-state index is 0.531. The first-order valence-corrected chi connectivity index (χ1v) is 8.88. The predicted octanol–water partition coefficient (Wildman–Crippen LogP) is 6.11. The van der Waals surface area contributed by atoms with Gasteiger partial charge in [0.25, 0.3) is 0 Å². The van der Waals surface area contributed by atoms with Gasteiger partial charge in [-0.25, -0.2) is 0 Å². The summed E-state index contributed by atoms with van der Waals surface area (Å²) in [7, 11) is 0. The van der Waals surface area contributed by atoms with E-state index >= 15 is 0 Å². The fourth-order valence-electron chi connectivity index (χ4n) is 3.48. The van der Waals surface area contributed by atoms with E-state index in [-0.39, 0.29) is 0 Å². The Morgan fingerprint density at radius 2 is 1.62 bits per heavy atom. The number of hydrogen-bond acceptors (Lipinski definition) is 0. The monoisotopic (exact) mass is 282 g/mol. The molecule has 0 N–H and O–H groups in total. The zero-order valence-corrected chi connectivity index (χ0v) is 13.6. The lowest BCUT2D eigenvalue weighted by atomic mass is 9.79. The first kappa shape index (κ1) is 16.2. The van der Waals surface area contributed by atoms with Crippen molar-refractivity contribution >= 4 is 0 Å². The molecule has 2 rings (SSSR count). The van der Waals surface area contributed by atoms with E-state index in [1.807, 2.05) is 0 Å². The van der Waals surface area contributed by atoms with Gasteiger partial charge in [-0.1, -0.05) is 56.9 Å². The van der Waals surface area contributed by atoms with Gasteiger partial charge in [0.05, 0.1) is 0 Å². The maximum Gasteiger partial charge on any atom is 0.0200 e. The Morgan fingerprint density at radius 1 is 0.952 bits per heavy atom. The SMILES string of the molecule is C#CC1CCC(c2ccc(CCCCCCC)cc2)CC1.